The van der Waals surface area contributed by atoms with Crippen molar-refractivity contribution < 1.29 is 9.59 Å². The van der Waals surface area contributed by atoms with Crippen molar-refractivity contribution in [2.45, 2.75) is 13.8 Å². The SMILES string of the molecule is Cc1cccc(NC2=CC(=O)C(Nc3cccc(C)c3)=CC2=O)c1. The highest BCUT2D eigenvalue weighted by Gasteiger charge is 2.20. The maximum absolute atomic E-state index is 12.3. The van der Waals surface area contributed by atoms with E-state index in [4.69, 9.17) is 0 Å². The molecule has 0 fully saturated rings. The molecule has 0 unspecified atom stereocenters. The van der Waals surface area contributed by atoms with Gasteiger partial charge < -0.3 is 10.6 Å². The largest absolute Gasteiger partial charge is 0.352 e. The quantitative estimate of drug-likeness (QED) is 0.843. The van der Waals surface area contributed by atoms with Gasteiger partial charge in [0.1, 0.15) is 0 Å². The molecule has 0 heterocycles. The molecule has 0 amide bonds. The molecule has 0 aromatic heterocycles. The third kappa shape index (κ3) is 3.60. The Morgan fingerprint density at radius 3 is 1.46 bits per heavy atom. The standard InChI is InChI=1S/C20H18N2O2/c1-13-5-3-7-15(9-13)21-17-11-20(24)18(12-19(17)23)22-16-8-4-6-14(2)10-16/h3-12,21-22H,1-2H3. The lowest BCUT2D eigenvalue weighted by molar-refractivity contribution is -0.115. The fraction of sp³-hybridized carbons (Fsp3) is 0.100. The molecular formula is C20H18N2O2. The monoisotopic (exact) mass is 318 g/mol. The minimum atomic E-state index is -0.230. The normalized spacial score (nSPS) is 14.1. The zero-order valence-electron chi connectivity index (χ0n) is 13.6. The topological polar surface area (TPSA) is 58.2 Å². The summed E-state index contributed by atoms with van der Waals surface area (Å²) in [5.41, 5.74) is 4.28. The van der Waals surface area contributed by atoms with Crippen LogP contribution in [0, 0.1) is 13.8 Å². The first kappa shape index (κ1) is 15.7. The lowest BCUT2D eigenvalue weighted by Crippen LogP contribution is -2.21. The van der Waals surface area contributed by atoms with Gasteiger partial charge in [0.05, 0.1) is 11.4 Å². The molecule has 1 aliphatic carbocycles. The van der Waals surface area contributed by atoms with E-state index in [1.807, 2.05) is 62.4 Å². The van der Waals surface area contributed by atoms with Crippen LogP contribution in [0.4, 0.5) is 11.4 Å². The number of ketones is 2. The number of rotatable bonds is 4. The molecule has 4 heteroatoms. The number of nitrogens with one attached hydrogen (secondary N) is 2. The van der Waals surface area contributed by atoms with Crippen LogP contribution in [0.1, 0.15) is 11.1 Å². The van der Waals surface area contributed by atoms with E-state index in [0.29, 0.717) is 0 Å². The molecule has 0 spiro atoms. The van der Waals surface area contributed by atoms with Crippen LogP contribution in [0.15, 0.2) is 72.1 Å². The van der Waals surface area contributed by atoms with E-state index < -0.39 is 0 Å². The van der Waals surface area contributed by atoms with Crippen molar-refractivity contribution in [1.82, 2.24) is 0 Å². The van der Waals surface area contributed by atoms with Crippen LogP contribution in [-0.2, 0) is 9.59 Å². The van der Waals surface area contributed by atoms with Gasteiger partial charge in [-0.1, -0.05) is 24.3 Å². The smallest absolute Gasteiger partial charge is 0.204 e. The molecule has 0 aliphatic heterocycles. The molecular weight excluding hydrogens is 300 g/mol. The number of benzene rings is 2. The zero-order valence-corrected chi connectivity index (χ0v) is 13.6. The molecule has 24 heavy (non-hydrogen) atoms. The second-order valence-corrected chi connectivity index (χ2v) is 5.83. The van der Waals surface area contributed by atoms with Crippen LogP contribution in [-0.4, -0.2) is 11.6 Å². The molecule has 2 aromatic rings. The zero-order chi connectivity index (χ0) is 17.1. The van der Waals surface area contributed by atoms with Crippen LogP contribution in [0.5, 0.6) is 0 Å². The summed E-state index contributed by atoms with van der Waals surface area (Å²) in [6.07, 6.45) is 2.67. The third-order valence-corrected chi connectivity index (χ3v) is 3.68. The Hall–Kier alpha value is -3.14. The Bertz CT molecular complexity index is 805. The maximum atomic E-state index is 12.3. The van der Waals surface area contributed by atoms with Crippen molar-refractivity contribution in [3.8, 4) is 0 Å². The molecule has 0 saturated heterocycles. The molecule has 0 radical (unpaired) electrons. The lowest BCUT2D eigenvalue weighted by atomic mass is 10.1. The van der Waals surface area contributed by atoms with Gasteiger partial charge in [-0.2, -0.15) is 0 Å². The fourth-order valence-corrected chi connectivity index (χ4v) is 2.51. The van der Waals surface area contributed by atoms with Crippen molar-refractivity contribution in [1.29, 1.82) is 0 Å². The van der Waals surface area contributed by atoms with E-state index in [-0.39, 0.29) is 23.0 Å². The van der Waals surface area contributed by atoms with Crippen molar-refractivity contribution >= 4 is 22.9 Å². The van der Waals surface area contributed by atoms with Gasteiger partial charge in [0.2, 0.25) is 11.6 Å². The lowest BCUT2D eigenvalue weighted by Gasteiger charge is -2.16. The molecule has 2 aromatic carbocycles. The Kier molecular flexibility index (Phi) is 4.29. The van der Waals surface area contributed by atoms with Crippen molar-refractivity contribution in [3.05, 3.63) is 83.2 Å². The summed E-state index contributed by atoms with van der Waals surface area (Å²) in [4.78, 5) is 24.6. The molecule has 1 aliphatic rings. The number of anilines is 2. The van der Waals surface area contributed by atoms with Crippen LogP contribution < -0.4 is 10.6 Å². The molecule has 0 bridgehead atoms. The average molecular weight is 318 g/mol. The summed E-state index contributed by atoms with van der Waals surface area (Å²) in [5, 5.41) is 6.03. The average Bonchev–Trinajstić information content (AvgIpc) is 2.52. The fourth-order valence-electron chi connectivity index (χ4n) is 2.51. The van der Waals surface area contributed by atoms with Crippen molar-refractivity contribution in [2.24, 2.45) is 0 Å². The molecule has 120 valence electrons. The second-order valence-electron chi connectivity index (χ2n) is 5.83. The van der Waals surface area contributed by atoms with Gasteiger partial charge in [-0.25, -0.2) is 0 Å². The number of allylic oxidation sites excluding steroid dienone is 2. The van der Waals surface area contributed by atoms with Crippen LogP contribution in [0.3, 0.4) is 0 Å². The molecule has 3 rings (SSSR count). The van der Waals surface area contributed by atoms with Crippen LogP contribution in [0.25, 0.3) is 0 Å². The first-order valence-electron chi connectivity index (χ1n) is 7.71. The number of hydrogen-bond acceptors (Lipinski definition) is 4. The summed E-state index contributed by atoms with van der Waals surface area (Å²) in [6, 6.07) is 15.3. The number of aryl methyl sites for hydroxylation is 2. The predicted octanol–water partition coefficient (Wildman–Crippen LogP) is 3.75. The molecule has 4 nitrogen and oxygen atoms in total. The summed E-state index contributed by atoms with van der Waals surface area (Å²) >= 11 is 0. The van der Waals surface area contributed by atoms with E-state index >= 15 is 0 Å². The summed E-state index contributed by atoms with van der Waals surface area (Å²) < 4.78 is 0. The predicted molar refractivity (Wildman–Crippen MR) is 95.8 cm³/mol. The molecule has 0 atom stereocenters. The first-order valence-corrected chi connectivity index (χ1v) is 7.71. The highest BCUT2D eigenvalue weighted by Crippen LogP contribution is 2.19. The minimum absolute atomic E-state index is 0.230. The van der Waals surface area contributed by atoms with Gasteiger partial charge in [-0.15, -0.1) is 0 Å². The van der Waals surface area contributed by atoms with E-state index in [1.54, 1.807) is 0 Å². The Morgan fingerprint density at radius 1 is 0.667 bits per heavy atom. The van der Waals surface area contributed by atoms with Crippen molar-refractivity contribution in [2.75, 3.05) is 10.6 Å². The summed E-state index contributed by atoms with van der Waals surface area (Å²) in [5.74, 6) is -0.461. The van der Waals surface area contributed by atoms with Gasteiger partial charge in [0.15, 0.2) is 0 Å². The second kappa shape index (κ2) is 6.54. The van der Waals surface area contributed by atoms with Gasteiger partial charge in [-0.05, 0) is 49.2 Å². The number of hydrogen-bond donors (Lipinski definition) is 2. The number of carbonyl (C=O) groups is 2. The maximum Gasteiger partial charge on any atom is 0.204 e. The number of carbonyl (C=O) groups excluding carboxylic acids is 2. The minimum Gasteiger partial charge on any atom is -0.352 e. The summed E-state index contributed by atoms with van der Waals surface area (Å²) in [7, 11) is 0. The third-order valence-electron chi connectivity index (χ3n) is 3.68. The van der Waals surface area contributed by atoms with Gasteiger partial charge in [0, 0.05) is 23.5 Å². The highest BCUT2D eigenvalue weighted by atomic mass is 16.1. The Balaban J connectivity index is 1.76. The Morgan fingerprint density at radius 2 is 1.08 bits per heavy atom. The van der Waals surface area contributed by atoms with E-state index in [2.05, 4.69) is 10.6 Å². The van der Waals surface area contributed by atoms with Gasteiger partial charge in [-0.3, -0.25) is 9.59 Å². The van der Waals surface area contributed by atoms with Crippen LogP contribution in [0.2, 0.25) is 0 Å². The van der Waals surface area contributed by atoms with Crippen LogP contribution >= 0.6 is 0 Å². The summed E-state index contributed by atoms with van der Waals surface area (Å²) in [6.45, 7) is 3.94. The first-order chi connectivity index (χ1) is 11.5. The van der Waals surface area contributed by atoms with E-state index in [9.17, 15) is 9.59 Å². The molecule has 2 N–H and O–H groups in total. The van der Waals surface area contributed by atoms with E-state index in [0.717, 1.165) is 22.5 Å². The van der Waals surface area contributed by atoms with Gasteiger partial charge >= 0.3 is 0 Å². The van der Waals surface area contributed by atoms with Crippen molar-refractivity contribution in [3.63, 3.8) is 0 Å². The van der Waals surface area contributed by atoms with Gasteiger partial charge in [0.25, 0.3) is 0 Å². The molecule has 0 saturated carbocycles. The highest BCUT2D eigenvalue weighted by molar-refractivity contribution is 6.21. The Labute approximate surface area is 140 Å². The van der Waals surface area contributed by atoms with E-state index in [1.165, 1.54) is 12.2 Å².